The van der Waals surface area contributed by atoms with Gasteiger partial charge in [0.2, 0.25) is 0 Å². The number of hydrogen-bond donors (Lipinski definition) is 2. The van der Waals surface area contributed by atoms with E-state index in [-0.39, 0.29) is 11.8 Å². The minimum Gasteiger partial charge on any atom is -0.455 e. The zero-order chi connectivity index (χ0) is 20.8. The van der Waals surface area contributed by atoms with Gasteiger partial charge in [-0.2, -0.15) is 0 Å². The number of nitrogens with zero attached hydrogens (tertiary/aromatic N) is 2. The Morgan fingerprint density at radius 3 is 2.86 bits per heavy atom. The van der Waals surface area contributed by atoms with Crippen LogP contribution in [0, 0.1) is 11.8 Å². The Morgan fingerprint density at radius 2 is 2.10 bits per heavy atom. The van der Waals surface area contributed by atoms with E-state index in [9.17, 15) is 14.4 Å². The Morgan fingerprint density at radius 1 is 1.31 bits per heavy atom. The fraction of sp³-hybridized carbons (Fsp3) is 0.500. The molecule has 1 aliphatic rings. The van der Waals surface area contributed by atoms with Crippen LogP contribution in [0.15, 0.2) is 24.3 Å². The topological polar surface area (TPSA) is 101 Å². The highest BCUT2D eigenvalue weighted by molar-refractivity contribution is 7.22. The van der Waals surface area contributed by atoms with Gasteiger partial charge in [0.1, 0.15) is 0 Å². The molecule has 2 heterocycles. The van der Waals surface area contributed by atoms with Crippen LogP contribution in [0.25, 0.3) is 10.2 Å². The van der Waals surface area contributed by atoms with Crippen LogP contribution in [0.5, 0.6) is 0 Å². The number of fused-ring (bicyclic) bond motifs is 1. The summed E-state index contributed by atoms with van der Waals surface area (Å²) in [5.41, 5.74) is 0.949. The molecule has 1 aliphatic heterocycles. The lowest BCUT2D eigenvalue weighted by Gasteiger charge is -2.31. The molecule has 1 fully saturated rings. The second kappa shape index (κ2) is 9.69. The molecule has 1 saturated heterocycles. The van der Waals surface area contributed by atoms with E-state index in [0.717, 1.165) is 28.3 Å². The molecule has 3 rings (SSSR count). The van der Waals surface area contributed by atoms with Crippen LogP contribution in [0.3, 0.4) is 0 Å². The number of nitrogens with one attached hydrogen (secondary N) is 2. The number of carbonyl (C=O) groups excluding carboxylic acids is 3. The van der Waals surface area contributed by atoms with Crippen molar-refractivity contribution >= 4 is 44.6 Å². The smallest absolute Gasteiger partial charge is 0.321 e. The molecule has 0 spiro atoms. The Balaban J connectivity index is 1.48. The van der Waals surface area contributed by atoms with Crippen molar-refractivity contribution < 1.29 is 19.1 Å². The zero-order valence-electron chi connectivity index (χ0n) is 16.6. The maximum absolute atomic E-state index is 12.4. The van der Waals surface area contributed by atoms with Gasteiger partial charge in [0.15, 0.2) is 11.7 Å². The van der Waals surface area contributed by atoms with E-state index >= 15 is 0 Å². The minimum absolute atomic E-state index is 0.276. The summed E-state index contributed by atoms with van der Waals surface area (Å²) in [6.45, 7) is 5.24. The van der Waals surface area contributed by atoms with Crippen molar-refractivity contribution in [1.82, 2.24) is 15.6 Å². The third kappa shape index (κ3) is 5.90. The van der Waals surface area contributed by atoms with Gasteiger partial charge >= 0.3 is 12.0 Å². The van der Waals surface area contributed by atoms with Gasteiger partial charge in [0.25, 0.3) is 5.91 Å². The summed E-state index contributed by atoms with van der Waals surface area (Å²) in [5.74, 6) is -1.11. The highest BCUT2D eigenvalue weighted by atomic mass is 32.1. The Kier molecular flexibility index (Phi) is 7.03. The van der Waals surface area contributed by atoms with Crippen LogP contribution in [0.1, 0.15) is 26.7 Å². The van der Waals surface area contributed by atoms with Crippen molar-refractivity contribution in [1.29, 1.82) is 0 Å². The van der Waals surface area contributed by atoms with E-state index in [0.29, 0.717) is 19.5 Å². The number of para-hydroxylation sites is 1. The van der Waals surface area contributed by atoms with Gasteiger partial charge in [-0.05, 0) is 30.9 Å². The number of urea groups is 1. The van der Waals surface area contributed by atoms with Gasteiger partial charge in [-0.15, -0.1) is 0 Å². The average Bonchev–Trinajstić information content (AvgIpc) is 3.15. The number of piperidine rings is 1. The summed E-state index contributed by atoms with van der Waals surface area (Å²) in [7, 11) is 0. The van der Waals surface area contributed by atoms with Gasteiger partial charge in [0, 0.05) is 19.6 Å². The second-order valence-electron chi connectivity index (χ2n) is 7.51. The number of aromatic nitrogens is 1. The molecule has 0 saturated carbocycles. The molecule has 2 aromatic rings. The van der Waals surface area contributed by atoms with E-state index < -0.39 is 24.5 Å². The molecule has 1 atom stereocenters. The standard InChI is InChI=1S/C20H26N4O4S/c1-13(2)10-21-19(27)23-17(25)12-28-18(26)14-6-5-9-24(11-14)20-22-15-7-3-4-8-16(15)29-20/h3-4,7-8,13-14H,5-6,9-12H2,1-2H3,(H2,21,23,25,27)/t14-/m1/s1. The fourth-order valence-electron chi connectivity index (χ4n) is 3.10. The van der Waals surface area contributed by atoms with Gasteiger partial charge < -0.3 is 15.0 Å². The molecule has 0 radical (unpaired) electrons. The second-order valence-corrected chi connectivity index (χ2v) is 8.52. The van der Waals surface area contributed by atoms with Crippen molar-refractivity contribution in [3.8, 4) is 0 Å². The highest BCUT2D eigenvalue weighted by Gasteiger charge is 2.29. The lowest BCUT2D eigenvalue weighted by Crippen LogP contribution is -2.43. The molecule has 9 heteroatoms. The van der Waals surface area contributed by atoms with E-state index in [1.807, 2.05) is 38.1 Å². The monoisotopic (exact) mass is 418 g/mol. The van der Waals surface area contributed by atoms with Crippen LogP contribution in [-0.4, -0.2) is 49.1 Å². The average molecular weight is 419 g/mol. The number of esters is 1. The first-order valence-corrected chi connectivity index (χ1v) is 10.6. The molecule has 0 bridgehead atoms. The molecule has 3 amide bonds. The summed E-state index contributed by atoms with van der Waals surface area (Å²) >= 11 is 1.60. The molecule has 0 aliphatic carbocycles. The maximum atomic E-state index is 12.4. The van der Waals surface area contributed by atoms with Gasteiger partial charge in [-0.3, -0.25) is 14.9 Å². The molecule has 0 unspecified atom stereocenters. The minimum atomic E-state index is -0.640. The van der Waals surface area contributed by atoms with E-state index in [4.69, 9.17) is 4.74 Å². The largest absolute Gasteiger partial charge is 0.455 e. The lowest BCUT2D eigenvalue weighted by molar-refractivity contribution is -0.152. The van der Waals surface area contributed by atoms with Crippen molar-refractivity contribution in [2.45, 2.75) is 26.7 Å². The first-order chi connectivity index (χ1) is 13.9. The normalized spacial score (nSPS) is 16.7. The molecular formula is C20H26N4O4S. The van der Waals surface area contributed by atoms with Crippen molar-refractivity contribution in [3.05, 3.63) is 24.3 Å². The van der Waals surface area contributed by atoms with Crippen LogP contribution < -0.4 is 15.5 Å². The summed E-state index contributed by atoms with van der Waals surface area (Å²) in [4.78, 5) is 42.5. The number of imide groups is 1. The first kappa shape index (κ1) is 21.0. The van der Waals surface area contributed by atoms with E-state index in [1.54, 1.807) is 11.3 Å². The van der Waals surface area contributed by atoms with Crippen LogP contribution in [0.4, 0.5) is 9.93 Å². The summed E-state index contributed by atoms with van der Waals surface area (Å²) in [6.07, 6.45) is 1.55. The number of anilines is 1. The summed E-state index contributed by atoms with van der Waals surface area (Å²) in [5, 5.41) is 5.63. The van der Waals surface area contributed by atoms with Gasteiger partial charge in [-0.1, -0.05) is 37.3 Å². The number of ether oxygens (including phenoxy) is 1. The van der Waals surface area contributed by atoms with Gasteiger partial charge in [0.05, 0.1) is 16.1 Å². The number of benzene rings is 1. The molecule has 1 aromatic carbocycles. The number of carbonyl (C=O) groups is 3. The summed E-state index contributed by atoms with van der Waals surface area (Å²) < 4.78 is 6.25. The molecule has 8 nitrogen and oxygen atoms in total. The van der Waals surface area contributed by atoms with E-state index in [2.05, 4.69) is 20.5 Å². The quantitative estimate of drug-likeness (QED) is 0.699. The van der Waals surface area contributed by atoms with Gasteiger partial charge in [-0.25, -0.2) is 9.78 Å². The SMILES string of the molecule is CC(C)CNC(=O)NC(=O)COC(=O)[C@@H]1CCCN(c2nc3ccccc3s2)C1. The Hall–Kier alpha value is -2.68. The van der Waals surface area contributed by atoms with Crippen LogP contribution in [-0.2, 0) is 14.3 Å². The van der Waals surface area contributed by atoms with E-state index in [1.165, 1.54) is 0 Å². The maximum Gasteiger partial charge on any atom is 0.321 e. The number of rotatable bonds is 6. The molecule has 1 aromatic heterocycles. The fourth-order valence-corrected chi connectivity index (χ4v) is 4.10. The Labute approximate surface area is 173 Å². The molecule has 2 N–H and O–H groups in total. The molecular weight excluding hydrogens is 392 g/mol. The third-order valence-corrected chi connectivity index (χ3v) is 5.67. The molecule has 29 heavy (non-hydrogen) atoms. The molecule has 156 valence electrons. The lowest BCUT2D eigenvalue weighted by atomic mass is 9.99. The Bertz CT molecular complexity index is 849. The predicted octanol–water partition coefficient (Wildman–Crippen LogP) is 2.54. The summed E-state index contributed by atoms with van der Waals surface area (Å²) in [6, 6.07) is 7.35. The van der Waals surface area contributed by atoms with Crippen molar-refractivity contribution in [2.75, 3.05) is 31.1 Å². The predicted molar refractivity (Wildman–Crippen MR) is 112 cm³/mol. The number of hydrogen-bond acceptors (Lipinski definition) is 7. The van der Waals surface area contributed by atoms with Crippen LogP contribution in [0.2, 0.25) is 0 Å². The van der Waals surface area contributed by atoms with Crippen molar-refractivity contribution in [3.63, 3.8) is 0 Å². The highest BCUT2D eigenvalue weighted by Crippen LogP contribution is 2.31. The third-order valence-electron chi connectivity index (χ3n) is 4.58. The van der Waals surface area contributed by atoms with Crippen molar-refractivity contribution in [2.24, 2.45) is 11.8 Å². The van der Waals surface area contributed by atoms with Crippen LogP contribution >= 0.6 is 11.3 Å². The zero-order valence-corrected chi connectivity index (χ0v) is 17.5. The number of amides is 3. The first-order valence-electron chi connectivity index (χ1n) is 9.77. The number of thiazole rings is 1.